The first kappa shape index (κ1) is 16.9. The van der Waals surface area contributed by atoms with Gasteiger partial charge in [-0.05, 0) is 19.1 Å². The topological polar surface area (TPSA) is 100 Å². The first-order chi connectivity index (χ1) is 12.0. The van der Waals surface area contributed by atoms with Gasteiger partial charge in [0.15, 0.2) is 0 Å². The summed E-state index contributed by atoms with van der Waals surface area (Å²) in [7, 11) is 0. The Morgan fingerprint density at radius 2 is 2.28 bits per heavy atom. The van der Waals surface area contributed by atoms with E-state index in [0.29, 0.717) is 25.2 Å². The SMILES string of the molecule is CC(NC(=O)N1CCNC(=O)CC1)c1nc(-c2cccc(F)c2)no1. The molecule has 25 heavy (non-hydrogen) atoms. The number of carbonyl (C=O) groups excluding carboxylic acids is 2. The van der Waals surface area contributed by atoms with Crippen molar-refractivity contribution in [1.82, 2.24) is 25.7 Å². The summed E-state index contributed by atoms with van der Waals surface area (Å²) in [4.78, 5) is 29.4. The molecule has 8 nitrogen and oxygen atoms in total. The van der Waals surface area contributed by atoms with Crippen LogP contribution in [-0.2, 0) is 4.79 Å². The Morgan fingerprint density at radius 1 is 1.44 bits per heavy atom. The van der Waals surface area contributed by atoms with E-state index in [2.05, 4.69) is 20.8 Å². The lowest BCUT2D eigenvalue weighted by Crippen LogP contribution is -2.42. The van der Waals surface area contributed by atoms with E-state index in [1.807, 2.05) is 0 Å². The summed E-state index contributed by atoms with van der Waals surface area (Å²) >= 11 is 0. The third-order valence-electron chi connectivity index (χ3n) is 3.83. The summed E-state index contributed by atoms with van der Waals surface area (Å²) in [6.07, 6.45) is 0.270. The fraction of sp³-hybridized carbons (Fsp3) is 0.375. The molecule has 2 heterocycles. The number of hydrogen-bond acceptors (Lipinski definition) is 5. The van der Waals surface area contributed by atoms with Gasteiger partial charge in [0.05, 0.1) is 0 Å². The second-order valence-corrected chi connectivity index (χ2v) is 5.72. The maximum Gasteiger partial charge on any atom is 0.318 e. The zero-order chi connectivity index (χ0) is 17.8. The van der Waals surface area contributed by atoms with Gasteiger partial charge in [-0.2, -0.15) is 4.98 Å². The predicted molar refractivity (Wildman–Crippen MR) is 85.8 cm³/mol. The zero-order valence-electron chi connectivity index (χ0n) is 13.7. The number of benzene rings is 1. The Labute approximate surface area is 143 Å². The average molecular weight is 347 g/mol. The zero-order valence-corrected chi connectivity index (χ0v) is 13.7. The van der Waals surface area contributed by atoms with Crippen LogP contribution in [0.1, 0.15) is 25.3 Å². The van der Waals surface area contributed by atoms with Gasteiger partial charge < -0.3 is 20.1 Å². The molecule has 132 valence electrons. The van der Waals surface area contributed by atoms with Crippen LogP contribution in [0.4, 0.5) is 9.18 Å². The van der Waals surface area contributed by atoms with Crippen molar-refractivity contribution in [2.75, 3.05) is 19.6 Å². The van der Waals surface area contributed by atoms with Crippen LogP contribution in [0, 0.1) is 5.82 Å². The third kappa shape index (κ3) is 4.11. The minimum absolute atomic E-state index is 0.0695. The third-order valence-corrected chi connectivity index (χ3v) is 3.83. The van der Waals surface area contributed by atoms with Crippen LogP contribution in [0.25, 0.3) is 11.4 Å². The number of rotatable bonds is 3. The normalized spacial score (nSPS) is 16.1. The summed E-state index contributed by atoms with van der Waals surface area (Å²) in [5.41, 5.74) is 0.491. The second kappa shape index (κ2) is 7.29. The highest BCUT2D eigenvalue weighted by Crippen LogP contribution is 2.19. The van der Waals surface area contributed by atoms with Crippen LogP contribution in [0.5, 0.6) is 0 Å². The molecule has 2 N–H and O–H groups in total. The summed E-state index contributed by atoms with van der Waals surface area (Å²) in [5, 5.41) is 9.29. The van der Waals surface area contributed by atoms with Gasteiger partial charge in [0, 0.05) is 31.6 Å². The summed E-state index contributed by atoms with van der Waals surface area (Å²) in [5.74, 6) is 0.00584. The minimum atomic E-state index is -0.519. The summed E-state index contributed by atoms with van der Waals surface area (Å²) in [6.45, 7) is 2.92. The van der Waals surface area contributed by atoms with Crippen LogP contribution in [0.15, 0.2) is 28.8 Å². The number of amides is 3. The van der Waals surface area contributed by atoms with Crippen LogP contribution >= 0.6 is 0 Å². The Hall–Kier alpha value is -2.97. The van der Waals surface area contributed by atoms with E-state index >= 15 is 0 Å². The van der Waals surface area contributed by atoms with Gasteiger partial charge in [0.25, 0.3) is 0 Å². The van der Waals surface area contributed by atoms with Crippen molar-refractivity contribution in [2.24, 2.45) is 0 Å². The molecule has 3 amide bonds. The Bertz CT molecular complexity index is 779. The van der Waals surface area contributed by atoms with Gasteiger partial charge in [-0.3, -0.25) is 4.79 Å². The highest BCUT2D eigenvalue weighted by Gasteiger charge is 2.22. The number of nitrogens with one attached hydrogen (secondary N) is 2. The average Bonchev–Trinajstić information content (AvgIpc) is 2.98. The Morgan fingerprint density at radius 3 is 3.08 bits per heavy atom. The second-order valence-electron chi connectivity index (χ2n) is 5.72. The van der Waals surface area contributed by atoms with Crippen molar-refractivity contribution < 1.29 is 18.5 Å². The van der Waals surface area contributed by atoms with E-state index in [9.17, 15) is 14.0 Å². The molecule has 1 aromatic heterocycles. The number of carbonyl (C=O) groups is 2. The molecule has 1 saturated heterocycles. The van der Waals surface area contributed by atoms with Gasteiger partial charge in [0.2, 0.25) is 17.6 Å². The molecule has 2 aromatic rings. The summed E-state index contributed by atoms with van der Waals surface area (Å²) in [6, 6.07) is 5.03. The van der Waals surface area contributed by atoms with Crippen molar-refractivity contribution in [3.8, 4) is 11.4 Å². The van der Waals surface area contributed by atoms with E-state index in [1.165, 1.54) is 12.1 Å². The Kier molecular flexibility index (Phi) is 4.92. The lowest BCUT2D eigenvalue weighted by molar-refractivity contribution is -0.120. The smallest absolute Gasteiger partial charge is 0.318 e. The molecule has 3 rings (SSSR count). The first-order valence-corrected chi connectivity index (χ1v) is 7.94. The number of aromatic nitrogens is 2. The van der Waals surface area contributed by atoms with Gasteiger partial charge in [-0.1, -0.05) is 17.3 Å². The van der Waals surface area contributed by atoms with Crippen molar-refractivity contribution in [3.05, 3.63) is 36.0 Å². The van der Waals surface area contributed by atoms with Gasteiger partial charge in [0.1, 0.15) is 11.9 Å². The number of halogens is 1. The monoisotopic (exact) mass is 347 g/mol. The van der Waals surface area contributed by atoms with Crippen LogP contribution in [0.2, 0.25) is 0 Å². The fourth-order valence-electron chi connectivity index (χ4n) is 2.46. The minimum Gasteiger partial charge on any atom is -0.354 e. The lowest BCUT2D eigenvalue weighted by atomic mass is 10.2. The van der Waals surface area contributed by atoms with Crippen LogP contribution in [-0.4, -0.2) is 46.6 Å². The summed E-state index contributed by atoms with van der Waals surface area (Å²) < 4.78 is 18.4. The molecule has 1 atom stereocenters. The molecule has 9 heteroatoms. The fourth-order valence-corrected chi connectivity index (χ4v) is 2.46. The molecule has 0 saturated carbocycles. The molecule has 1 aliphatic rings. The van der Waals surface area contributed by atoms with Gasteiger partial charge in [-0.25, -0.2) is 9.18 Å². The van der Waals surface area contributed by atoms with E-state index in [1.54, 1.807) is 24.0 Å². The van der Waals surface area contributed by atoms with Crippen LogP contribution < -0.4 is 10.6 Å². The molecule has 0 bridgehead atoms. The number of nitrogens with zero attached hydrogens (tertiary/aromatic N) is 3. The lowest BCUT2D eigenvalue weighted by Gasteiger charge is -2.21. The first-order valence-electron chi connectivity index (χ1n) is 7.94. The van der Waals surface area contributed by atoms with E-state index in [0.717, 1.165) is 0 Å². The van der Waals surface area contributed by atoms with Gasteiger partial charge in [-0.15, -0.1) is 0 Å². The molecule has 1 aliphatic heterocycles. The van der Waals surface area contributed by atoms with Gasteiger partial charge >= 0.3 is 6.03 Å². The molecule has 1 fully saturated rings. The maximum atomic E-state index is 13.3. The molecule has 0 radical (unpaired) electrons. The van der Waals surface area contributed by atoms with Crippen LogP contribution in [0.3, 0.4) is 0 Å². The molecule has 0 spiro atoms. The molecule has 1 aromatic carbocycles. The van der Waals surface area contributed by atoms with Crippen molar-refractivity contribution in [1.29, 1.82) is 0 Å². The van der Waals surface area contributed by atoms with Crippen molar-refractivity contribution in [3.63, 3.8) is 0 Å². The van der Waals surface area contributed by atoms with Crippen molar-refractivity contribution >= 4 is 11.9 Å². The van der Waals surface area contributed by atoms with E-state index < -0.39 is 11.9 Å². The molecular weight excluding hydrogens is 329 g/mol. The maximum absolute atomic E-state index is 13.3. The molecular formula is C16H18FN5O3. The molecule has 0 aliphatic carbocycles. The largest absolute Gasteiger partial charge is 0.354 e. The number of hydrogen-bond donors (Lipinski definition) is 2. The standard InChI is InChI=1S/C16H18FN5O3/c1-10(19-16(24)22-7-5-13(23)18-6-8-22)15-20-14(21-25-15)11-3-2-4-12(17)9-11/h2-4,9-10H,5-8H2,1H3,(H,18,23)(H,19,24). The predicted octanol–water partition coefficient (Wildman–Crippen LogP) is 1.47. The van der Waals surface area contributed by atoms with E-state index in [4.69, 9.17) is 4.52 Å². The molecule has 1 unspecified atom stereocenters. The highest BCUT2D eigenvalue weighted by atomic mass is 19.1. The van der Waals surface area contributed by atoms with E-state index in [-0.39, 0.29) is 30.1 Å². The highest BCUT2D eigenvalue weighted by molar-refractivity contribution is 5.79. The quantitative estimate of drug-likeness (QED) is 0.876. The number of urea groups is 1. The Balaban J connectivity index is 1.64. The van der Waals surface area contributed by atoms with Crippen molar-refractivity contribution in [2.45, 2.75) is 19.4 Å².